The van der Waals surface area contributed by atoms with Crippen LogP contribution in [0.25, 0.3) is 11.1 Å². The first kappa shape index (κ1) is 27.5. The van der Waals surface area contributed by atoms with Gasteiger partial charge in [-0.25, -0.2) is 0 Å². The maximum Gasteiger partial charge on any atom is 0.303 e. The molecule has 2 aromatic rings. The van der Waals surface area contributed by atoms with E-state index in [4.69, 9.17) is 14.6 Å². The largest absolute Gasteiger partial charge is 0.481 e. The quantitative estimate of drug-likeness (QED) is 0.283. The molecule has 1 saturated heterocycles. The van der Waals surface area contributed by atoms with Crippen LogP contribution in [0, 0.1) is 5.92 Å². The predicted molar refractivity (Wildman–Crippen MR) is 145 cm³/mol. The average Bonchev–Trinajstić information content (AvgIpc) is 3.24. The summed E-state index contributed by atoms with van der Waals surface area (Å²) < 4.78 is 12.0. The van der Waals surface area contributed by atoms with Gasteiger partial charge in [0, 0.05) is 37.9 Å². The topological polar surface area (TPSA) is 79.2 Å². The van der Waals surface area contributed by atoms with Crippen molar-refractivity contribution in [3.8, 4) is 11.1 Å². The van der Waals surface area contributed by atoms with Gasteiger partial charge in [0.25, 0.3) is 0 Å². The van der Waals surface area contributed by atoms with Crippen molar-refractivity contribution in [2.75, 3.05) is 26.3 Å². The molecule has 1 saturated carbocycles. The molecule has 1 aliphatic heterocycles. The summed E-state index contributed by atoms with van der Waals surface area (Å²) in [6, 6.07) is 19.0. The van der Waals surface area contributed by atoms with E-state index in [-0.39, 0.29) is 24.5 Å². The minimum atomic E-state index is -0.726. The Morgan fingerprint density at radius 2 is 1.68 bits per heavy atom. The third-order valence-electron chi connectivity index (χ3n) is 7.62. The highest BCUT2D eigenvalue weighted by Crippen LogP contribution is 2.37. The number of aliphatic hydroxyl groups is 1. The molecule has 37 heavy (non-hydrogen) atoms. The fourth-order valence-corrected chi connectivity index (χ4v) is 5.69. The van der Waals surface area contributed by atoms with Gasteiger partial charge in [0.05, 0.1) is 32.0 Å². The second-order valence-electron chi connectivity index (χ2n) is 10.2. The summed E-state index contributed by atoms with van der Waals surface area (Å²) in [5.41, 5.74) is 3.54. The number of benzene rings is 2. The normalized spacial score (nSPS) is 24.6. The van der Waals surface area contributed by atoms with E-state index in [1.807, 2.05) is 6.07 Å². The number of rotatable bonds is 13. The lowest BCUT2D eigenvalue weighted by Gasteiger charge is -2.38. The number of aliphatic hydroxyl groups excluding tert-OH is 1. The maximum absolute atomic E-state index is 11.1. The zero-order valence-electron chi connectivity index (χ0n) is 21.7. The number of allylic oxidation sites excluding steroid dienone is 2. The fourth-order valence-electron chi connectivity index (χ4n) is 5.69. The zero-order chi connectivity index (χ0) is 25.9. The zero-order valence-corrected chi connectivity index (χ0v) is 21.7. The molecular formula is C31H41NO5. The highest BCUT2D eigenvalue weighted by molar-refractivity contribution is 5.66. The Labute approximate surface area is 220 Å². The number of unbranched alkanes of at least 4 members (excludes halogenated alkanes) is 2. The smallest absolute Gasteiger partial charge is 0.303 e. The summed E-state index contributed by atoms with van der Waals surface area (Å²) in [7, 11) is 0. The second kappa shape index (κ2) is 14.4. The Kier molecular flexibility index (Phi) is 10.7. The van der Waals surface area contributed by atoms with Gasteiger partial charge in [0.15, 0.2) is 0 Å². The molecule has 0 unspecified atom stereocenters. The van der Waals surface area contributed by atoms with Crippen LogP contribution in [0.4, 0.5) is 0 Å². The van der Waals surface area contributed by atoms with E-state index >= 15 is 0 Å². The van der Waals surface area contributed by atoms with Crippen LogP contribution in [0.5, 0.6) is 0 Å². The molecule has 1 heterocycles. The van der Waals surface area contributed by atoms with Crippen LogP contribution in [-0.4, -0.2) is 65.6 Å². The first-order chi connectivity index (χ1) is 18.1. The number of nitrogens with zero attached hydrogens (tertiary/aromatic N) is 1. The van der Waals surface area contributed by atoms with Crippen molar-refractivity contribution in [3.05, 3.63) is 72.3 Å². The van der Waals surface area contributed by atoms with Gasteiger partial charge in [-0.05, 0) is 48.8 Å². The third kappa shape index (κ3) is 8.24. The van der Waals surface area contributed by atoms with Gasteiger partial charge in [0.2, 0.25) is 0 Å². The molecule has 4 rings (SSSR count). The van der Waals surface area contributed by atoms with Crippen molar-refractivity contribution in [2.24, 2.45) is 5.92 Å². The van der Waals surface area contributed by atoms with Crippen molar-refractivity contribution in [2.45, 2.75) is 69.8 Å². The van der Waals surface area contributed by atoms with Crippen LogP contribution in [0.2, 0.25) is 0 Å². The number of morpholine rings is 1. The van der Waals surface area contributed by atoms with Crippen LogP contribution in [-0.2, 0) is 20.9 Å². The van der Waals surface area contributed by atoms with Crippen LogP contribution < -0.4 is 0 Å². The van der Waals surface area contributed by atoms with Gasteiger partial charge < -0.3 is 19.7 Å². The predicted octanol–water partition coefficient (Wildman–Crippen LogP) is 5.30. The van der Waals surface area contributed by atoms with E-state index in [1.54, 1.807) is 0 Å². The van der Waals surface area contributed by atoms with Crippen molar-refractivity contribution in [1.29, 1.82) is 0 Å². The SMILES string of the molecule is O=C(O)CCCCC=CCC[C@@H]1[C@@H](N2CCOCC2)[C@H](O)C[C@@H]1OCc1ccc(-c2ccccc2)cc1. The summed E-state index contributed by atoms with van der Waals surface area (Å²) in [5.74, 6) is -0.468. The molecule has 0 bridgehead atoms. The van der Waals surface area contributed by atoms with Crippen molar-refractivity contribution < 1.29 is 24.5 Å². The Morgan fingerprint density at radius 1 is 0.973 bits per heavy atom. The van der Waals surface area contributed by atoms with E-state index in [9.17, 15) is 9.90 Å². The van der Waals surface area contributed by atoms with Crippen molar-refractivity contribution in [1.82, 2.24) is 4.90 Å². The minimum Gasteiger partial charge on any atom is -0.481 e. The van der Waals surface area contributed by atoms with Crippen LogP contribution in [0.3, 0.4) is 0 Å². The van der Waals surface area contributed by atoms with E-state index in [1.165, 1.54) is 11.1 Å². The standard InChI is InChI=1S/C31H41NO5/c33-28-22-29(37-23-24-14-16-26(17-15-24)25-10-6-5-7-11-25)27(31(28)32-18-20-36-21-19-32)12-8-3-1-2-4-9-13-30(34)35/h1,3,5-7,10-11,14-17,27-29,31,33H,2,4,8-9,12-13,18-23H2,(H,34,35)/t27-,28+,29-,31+/m0/s1. The fraction of sp³-hybridized carbons (Fsp3) is 0.516. The molecule has 6 nitrogen and oxygen atoms in total. The minimum absolute atomic E-state index is 0.0145. The van der Waals surface area contributed by atoms with E-state index in [2.05, 4.69) is 65.6 Å². The van der Waals surface area contributed by atoms with Crippen LogP contribution >= 0.6 is 0 Å². The molecule has 200 valence electrons. The summed E-state index contributed by atoms with van der Waals surface area (Å²) in [6.45, 7) is 3.67. The Bertz CT molecular complexity index is 971. The van der Waals surface area contributed by atoms with Crippen LogP contribution in [0.1, 0.15) is 50.5 Å². The van der Waals surface area contributed by atoms with Gasteiger partial charge in [-0.15, -0.1) is 0 Å². The number of hydrogen-bond donors (Lipinski definition) is 2. The number of aliphatic carboxylic acids is 1. The van der Waals surface area contributed by atoms with E-state index in [0.717, 1.165) is 50.8 Å². The first-order valence-corrected chi connectivity index (χ1v) is 13.7. The molecule has 0 amide bonds. The highest BCUT2D eigenvalue weighted by atomic mass is 16.5. The molecule has 0 spiro atoms. The molecule has 0 aromatic heterocycles. The lowest BCUT2D eigenvalue weighted by Crippen LogP contribution is -2.50. The Balaban J connectivity index is 1.33. The summed E-state index contributed by atoms with van der Waals surface area (Å²) >= 11 is 0. The molecule has 4 atom stereocenters. The summed E-state index contributed by atoms with van der Waals surface area (Å²) in [4.78, 5) is 13.1. The maximum atomic E-state index is 11.1. The Morgan fingerprint density at radius 3 is 2.41 bits per heavy atom. The molecule has 2 aromatic carbocycles. The van der Waals surface area contributed by atoms with Gasteiger partial charge in [-0.2, -0.15) is 0 Å². The number of ether oxygens (including phenoxy) is 2. The van der Waals surface area contributed by atoms with Gasteiger partial charge in [-0.3, -0.25) is 9.69 Å². The van der Waals surface area contributed by atoms with Crippen molar-refractivity contribution in [3.63, 3.8) is 0 Å². The molecule has 1 aliphatic carbocycles. The monoisotopic (exact) mass is 507 g/mol. The van der Waals surface area contributed by atoms with Gasteiger partial charge in [-0.1, -0.05) is 66.7 Å². The molecule has 2 aliphatic rings. The summed E-state index contributed by atoms with van der Waals surface area (Å²) in [6.07, 6.45) is 9.32. The van der Waals surface area contributed by atoms with Gasteiger partial charge >= 0.3 is 5.97 Å². The number of hydrogen-bond acceptors (Lipinski definition) is 5. The molecule has 2 N–H and O–H groups in total. The molecule has 6 heteroatoms. The number of carboxylic acid groups (broad SMARTS) is 1. The average molecular weight is 508 g/mol. The molecule has 2 fully saturated rings. The van der Waals surface area contributed by atoms with Crippen molar-refractivity contribution >= 4 is 5.97 Å². The summed E-state index contributed by atoms with van der Waals surface area (Å²) in [5, 5.41) is 19.8. The van der Waals surface area contributed by atoms with E-state index < -0.39 is 12.1 Å². The second-order valence-corrected chi connectivity index (χ2v) is 10.2. The molecular weight excluding hydrogens is 466 g/mol. The van der Waals surface area contributed by atoms with E-state index in [0.29, 0.717) is 26.2 Å². The lowest BCUT2D eigenvalue weighted by atomic mass is 9.93. The van der Waals surface area contributed by atoms with Crippen LogP contribution in [0.15, 0.2) is 66.7 Å². The third-order valence-corrected chi connectivity index (χ3v) is 7.62. The lowest BCUT2D eigenvalue weighted by molar-refractivity contribution is -0.137. The Hall–Kier alpha value is -2.51. The first-order valence-electron chi connectivity index (χ1n) is 13.7. The number of carboxylic acids is 1. The molecule has 0 radical (unpaired) electrons. The highest BCUT2D eigenvalue weighted by Gasteiger charge is 2.45. The number of carbonyl (C=O) groups is 1. The van der Waals surface area contributed by atoms with Gasteiger partial charge in [0.1, 0.15) is 0 Å².